The van der Waals surface area contributed by atoms with Crippen LogP contribution in [0.2, 0.25) is 0 Å². The third-order valence-electron chi connectivity index (χ3n) is 3.41. The Hall–Kier alpha value is 0.540. The van der Waals surface area contributed by atoms with E-state index in [9.17, 15) is 17.8 Å². The largest absolute Gasteiger partial charge is 1.00 e. The third kappa shape index (κ3) is 20.5. The topological polar surface area (TPSA) is 86.3 Å². The van der Waals surface area contributed by atoms with Gasteiger partial charge in [-0.05, 0) is 6.42 Å². The quantitative estimate of drug-likeness (QED) is 0.249. The van der Waals surface area contributed by atoms with Crippen LogP contribution in [-0.4, -0.2) is 37.6 Å². The molecule has 0 amide bonds. The Morgan fingerprint density at radius 1 is 0.955 bits per heavy atom. The molecule has 126 valence electrons. The Morgan fingerprint density at radius 2 is 1.45 bits per heavy atom. The molecule has 0 atom stereocenters. The van der Waals surface area contributed by atoms with Crippen molar-refractivity contribution in [3.63, 3.8) is 0 Å². The maximum absolute atomic E-state index is 11.5. The molecule has 0 radical (unpaired) electrons. The Morgan fingerprint density at radius 3 is 1.95 bits per heavy atom. The van der Waals surface area contributed by atoms with Gasteiger partial charge in [-0.25, -0.2) is 8.42 Å². The van der Waals surface area contributed by atoms with E-state index in [0.29, 0.717) is 6.42 Å². The summed E-state index contributed by atoms with van der Waals surface area (Å²) in [7, 11) is -4.18. The zero-order valence-corrected chi connectivity index (χ0v) is 17.1. The normalized spacial score (nSPS) is 11.2. The van der Waals surface area contributed by atoms with Gasteiger partial charge < -0.3 is 9.87 Å². The molecule has 0 spiro atoms. The average Bonchev–Trinajstić information content (AvgIpc) is 2.41. The monoisotopic (exact) mass is 343 g/mol. The van der Waals surface area contributed by atoms with Gasteiger partial charge in [-0.1, -0.05) is 58.3 Å². The minimum Gasteiger partial charge on any atom is -0.748 e. The maximum atomic E-state index is 11.5. The molecule has 0 aromatic heterocycles. The van der Waals surface area contributed by atoms with E-state index in [2.05, 4.69) is 12.2 Å². The van der Waals surface area contributed by atoms with Crippen LogP contribution in [0.1, 0.15) is 71.1 Å². The van der Waals surface area contributed by atoms with Gasteiger partial charge in [0.2, 0.25) is 0 Å². The van der Waals surface area contributed by atoms with Crippen LogP contribution in [0.3, 0.4) is 0 Å². The van der Waals surface area contributed by atoms with Crippen LogP contribution >= 0.6 is 0 Å². The standard InChI is InChI=1S/C15H31NO4S.Na/c1-2-3-4-5-6-7-8-9-10-11-15(17)14-16-12-13-21(18,19)20;/h16H,2-14H2,1H3,(H,18,19,20);/q;+1/p-1. The Balaban J connectivity index is 0. The Bertz CT molecular complexity index is 361. The molecule has 22 heavy (non-hydrogen) atoms. The van der Waals surface area contributed by atoms with Crippen LogP contribution in [-0.2, 0) is 14.9 Å². The summed E-state index contributed by atoms with van der Waals surface area (Å²) < 4.78 is 31.1. The number of Topliss-reactive ketones (excluding diaryl/α,β-unsaturated/α-hetero) is 1. The molecule has 0 aliphatic heterocycles. The molecule has 0 fully saturated rings. The molecule has 0 aromatic rings. The Labute approximate surface area is 158 Å². The number of ketones is 1. The molecule has 7 heteroatoms. The summed E-state index contributed by atoms with van der Waals surface area (Å²) in [6.07, 6.45) is 11.5. The first-order valence-electron chi connectivity index (χ1n) is 8.11. The van der Waals surface area contributed by atoms with Crippen molar-refractivity contribution >= 4 is 15.9 Å². The van der Waals surface area contributed by atoms with Crippen LogP contribution < -0.4 is 34.9 Å². The van der Waals surface area contributed by atoms with Crippen LogP contribution in [0.15, 0.2) is 0 Å². The van der Waals surface area contributed by atoms with Gasteiger partial charge in [0.05, 0.1) is 22.4 Å². The molecular weight excluding hydrogens is 313 g/mol. The molecule has 5 nitrogen and oxygen atoms in total. The van der Waals surface area contributed by atoms with Crippen LogP contribution in [0.5, 0.6) is 0 Å². The first-order valence-corrected chi connectivity index (χ1v) is 9.69. The first-order chi connectivity index (χ1) is 9.95. The van der Waals surface area contributed by atoms with E-state index in [4.69, 9.17) is 0 Å². The molecule has 0 bridgehead atoms. The average molecular weight is 343 g/mol. The number of unbranched alkanes of at least 4 members (excludes halogenated alkanes) is 8. The molecule has 0 saturated carbocycles. The second-order valence-corrected chi connectivity index (χ2v) is 7.08. The van der Waals surface area contributed by atoms with Crippen molar-refractivity contribution in [2.24, 2.45) is 0 Å². The molecule has 0 aliphatic rings. The molecule has 1 N–H and O–H groups in total. The number of rotatable bonds is 15. The van der Waals surface area contributed by atoms with E-state index in [1.165, 1.54) is 44.9 Å². The molecule has 0 saturated heterocycles. The van der Waals surface area contributed by atoms with Gasteiger partial charge in [-0.3, -0.25) is 4.79 Å². The second-order valence-electron chi connectivity index (χ2n) is 5.56. The van der Waals surface area contributed by atoms with E-state index in [1.807, 2.05) is 0 Å². The SMILES string of the molecule is CCCCCCCCCCCC(=O)CNCCS(=O)(=O)[O-].[Na+]. The van der Waals surface area contributed by atoms with E-state index >= 15 is 0 Å². The number of hydrogen-bond donors (Lipinski definition) is 1. The van der Waals surface area contributed by atoms with E-state index in [-0.39, 0.29) is 48.4 Å². The minimum atomic E-state index is -4.18. The summed E-state index contributed by atoms with van der Waals surface area (Å²) in [5, 5.41) is 2.69. The third-order valence-corrected chi connectivity index (χ3v) is 4.11. The summed E-state index contributed by atoms with van der Waals surface area (Å²) in [6, 6.07) is 0. The van der Waals surface area contributed by atoms with Crippen LogP contribution in [0.4, 0.5) is 0 Å². The molecular formula is C15H30NNaO4S. The van der Waals surface area contributed by atoms with Crippen LogP contribution in [0, 0.1) is 0 Å². The smallest absolute Gasteiger partial charge is 0.748 e. The molecule has 0 heterocycles. The molecule has 0 rings (SSSR count). The summed E-state index contributed by atoms with van der Waals surface area (Å²) >= 11 is 0. The van der Waals surface area contributed by atoms with E-state index < -0.39 is 15.9 Å². The number of carbonyl (C=O) groups is 1. The number of nitrogens with one attached hydrogen (secondary N) is 1. The fraction of sp³-hybridized carbons (Fsp3) is 0.933. The number of carbonyl (C=O) groups excluding carboxylic acids is 1. The van der Waals surface area contributed by atoms with Crippen molar-refractivity contribution in [3.8, 4) is 0 Å². The van der Waals surface area contributed by atoms with Gasteiger partial charge in [0, 0.05) is 13.0 Å². The van der Waals surface area contributed by atoms with Gasteiger partial charge in [-0.2, -0.15) is 0 Å². The fourth-order valence-corrected chi connectivity index (χ4v) is 2.54. The zero-order valence-electron chi connectivity index (χ0n) is 14.2. The molecule has 0 aliphatic carbocycles. The summed E-state index contributed by atoms with van der Waals surface area (Å²) in [5.74, 6) is -0.376. The predicted octanol–water partition coefficient (Wildman–Crippen LogP) is -0.385. The van der Waals surface area contributed by atoms with Crippen molar-refractivity contribution in [3.05, 3.63) is 0 Å². The summed E-state index contributed by atoms with van der Waals surface area (Å²) in [4.78, 5) is 11.5. The molecule has 0 aromatic carbocycles. The second kappa shape index (κ2) is 16.4. The van der Waals surface area contributed by atoms with Gasteiger partial charge in [0.25, 0.3) is 0 Å². The van der Waals surface area contributed by atoms with Gasteiger partial charge in [0.15, 0.2) is 0 Å². The van der Waals surface area contributed by atoms with E-state index in [1.54, 1.807) is 0 Å². The molecule has 0 unspecified atom stereocenters. The van der Waals surface area contributed by atoms with Crippen molar-refractivity contribution in [2.45, 2.75) is 71.1 Å². The van der Waals surface area contributed by atoms with E-state index in [0.717, 1.165) is 12.8 Å². The van der Waals surface area contributed by atoms with Gasteiger partial charge >= 0.3 is 29.6 Å². The maximum Gasteiger partial charge on any atom is 1.00 e. The van der Waals surface area contributed by atoms with Crippen molar-refractivity contribution in [1.82, 2.24) is 5.32 Å². The van der Waals surface area contributed by atoms with Gasteiger partial charge in [0.1, 0.15) is 5.78 Å². The van der Waals surface area contributed by atoms with Gasteiger partial charge in [-0.15, -0.1) is 0 Å². The fourth-order valence-electron chi connectivity index (χ4n) is 2.15. The Kier molecular flexibility index (Phi) is 18.5. The number of hydrogen-bond acceptors (Lipinski definition) is 5. The predicted molar refractivity (Wildman–Crippen MR) is 84.3 cm³/mol. The summed E-state index contributed by atoms with van der Waals surface area (Å²) in [5.41, 5.74) is 0. The van der Waals surface area contributed by atoms with Crippen molar-refractivity contribution in [1.29, 1.82) is 0 Å². The van der Waals surface area contributed by atoms with Crippen molar-refractivity contribution in [2.75, 3.05) is 18.8 Å². The van der Waals surface area contributed by atoms with Crippen LogP contribution in [0.25, 0.3) is 0 Å². The van der Waals surface area contributed by atoms with Crippen molar-refractivity contribution < 1.29 is 47.3 Å². The zero-order chi connectivity index (χ0) is 16.0. The summed E-state index contributed by atoms with van der Waals surface area (Å²) in [6.45, 7) is 2.42. The minimum absolute atomic E-state index is 0. The first kappa shape index (κ1) is 24.8.